The Kier molecular flexibility index (Phi) is 11.5. The summed E-state index contributed by atoms with van der Waals surface area (Å²) in [7, 11) is 0. The van der Waals surface area contributed by atoms with Crippen LogP contribution in [-0.2, 0) is 20.8 Å². The number of nitrogens with one attached hydrogen (secondary N) is 1. The van der Waals surface area contributed by atoms with Crippen LogP contribution in [0.25, 0.3) is 0 Å². The minimum atomic E-state index is -0.849. The predicted molar refractivity (Wildman–Crippen MR) is 167 cm³/mol. The molecule has 12 heteroatoms. The van der Waals surface area contributed by atoms with Crippen molar-refractivity contribution < 1.29 is 23.2 Å². The summed E-state index contributed by atoms with van der Waals surface area (Å²) in [5.41, 5.74) is 0.894. The average molecular weight is 660 g/mol. The van der Waals surface area contributed by atoms with Gasteiger partial charge in [0.2, 0.25) is 17.7 Å². The van der Waals surface area contributed by atoms with Gasteiger partial charge >= 0.3 is 0 Å². The molecule has 0 aliphatic carbocycles. The summed E-state index contributed by atoms with van der Waals surface area (Å²) in [6.07, 6.45) is 0.242. The first-order valence-electron chi connectivity index (χ1n) is 14.2. The van der Waals surface area contributed by atoms with E-state index in [-0.39, 0.29) is 61.2 Å². The lowest BCUT2D eigenvalue weighted by molar-refractivity contribution is -0.146. The largest absolute Gasteiger partial charge is 0.344 e. The van der Waals surface area contributed by atoms with Crippen LogP contribution in [0.15, 0.2) is 36.4 Å². The third-order valence-corrected chi connectivity index (χ3v) is 9.03. The van der Waals surface area contributed by atoms with Gasteiger partial charge < -0.3 is 15.1 Å². The Morgan fingerprint density at radius 2 is 1.65 bits per heavy atom. The molecule has 2 heterocycles. The summed E-state index contributed by atoms with van der Waals surface area (Å²) in [6.45, 7) is 11.2. The summed E-state index contributed by atoms with van der Waals surface area (Å²) >= 11 is 12.1. The fraction of sp³-hybridized carbons (Fsp3) is 0.516. The van der Waals surface area contributed by atoms with Crippen molar-refractivity contribution in [2.24, 2.45) is 5.92 Å². The number of hydrogen-bond acceptors (Lipinski definition) is 4. The van der Waals surface area contributed by atoms with Gasteiger partial charge in [-0.15, -0.1) is 12.4 Å². The summed E-state index contributed by atoms with van der Waals surface area (Å²) in [6, 6.07) is 8.53. The molecule has 2 aromatic rings. The van der Waals surface area contributed by atoms with E-state index in [9.17, 15) is 23.2 Å². The van der Waals surface area contributed by atoms with Gasteiger partial charge in [-0.1, -0.05) is 41.4 Å². The number of carbonyl (C=O) groups excluding carboxylic acids is 3. The SMILES string of the molecule is CC(=O)N[C@@H](Cc1ccccc1Cl)C(=O)N1CCN(C(=O)C2CN(C(C)(C)C)CC2c2cc(F)c(Cl)c(F)c2)[C@@H](C)C1.Cl. The van der Waals surface area contributed by atoms with Gasteiger partial charge in [0, 0.05) is 68.6 Å². The maximum absolute atomic E-state index is 14.4. The lowest BCUT2D eigenvalue weighted by atomic mass is 9.87. The molecular weight excluding hydrogens is 621 g/mol. The lowest BCUT2D eigenvalue weighted by Gasteiger charge is -2.42. The molecule has 2 saturated heterocycles. The zero-order valence-electron chi connectivity index (χ0n) is 25.0. The summed E-state index contributed by atoms with van der Waals surface area (Å²) in [5.74, 6) is -3.33. The third kappa shape index (κ3) is 7.98. The van der Waals surface area contributed by atoms with Crippen molar-refractivity contribution in [3.05, 3.63) is 69.2 Å². The molecule has 2 fully saturated rings. The van der Waals surface area contributed by atoms with Gasteiger partial charge in [-0.2, -0.15) is 0 Å². The molecule has 0 radical (unpaired) electrons. The Morgan fingerprint density at radius 1 is 1.02 bits per heavy atom. The Labute approximate surface area is 268 Å². The maximum atomic E-state index is 14.4. The number of benzene rings is 2. The van der Waals surface area contributed by atoms with Crippen molar-refractivity contribution >= 4 is 53.3 Å². The maximum Gasteiger partial charge on any atom is 0.245 e. The highest BCUT2D eigenvalue weighted by Gasteiger charge is 2.45. The van der Waals surface area contributed by atoms with E-state index in [4.69, 9.17) is 23.2 Å². The van der Waals surface area contributed by atoms with Crippen LogP contribution in [-0.4, -0.2) is 82.8 Å². The van der Waals surface area contributed by atoms with E-state index < -0.39 is 34.5 Å². The van der Waals surface area contributed by atoms with Crippen LogP contribution < -0.4 is 5.32 Å². The summed E-state index contributed by atoms with van der Waals surface area (Å²) < 4.78 is 28.9. The van der Waals surface area contributed by atoms with Gasteiger partial charge in [-0.3, -0.25) is 19.3 Å². The molecule has 2 unspecified atom stereocenters. The predicted octanol–water partition coefficient (Wildman–Crippen LogP) is 5.31. The molecular formula is C31H39Cl3F2N4O3. The monoisotopic (exact) mass is 658 g/mol. The van der Waals surface area contributed by atoms with Crippen LogP contribution in [0, 0.1) is 17.6 Å². The molecule has 4 atom stereocenters. The fourth-order valence-corrected chi connectivity index (χ4v) is 6.30. The van der Waals surface area contributed by atoms with E-state index in [0.717, 1.165) is 5.56 Å². The fourth-order valence-electron chi connectivity index (χ4n) is 5.98. The minimum absolute atomic E-state index is 0. The Bertz CT molecular complexity index is 1330. The Hall–Kier alpha value is -2.46. The second kappa shape index (κ2) is 14.1. The zero-order chi connectivity index (χ0) is 30.9. The molecule has 0 spiro atoms. The van der Waals surface area contributed by atoms with Crippen molar-refractivity contribution in [2.45, 2.75) is 64.6 Å². The zero-order valence-corrected chi connectivity index (χ0v) is 27.3. The molecule has 0 bridgehead atoms. The van der Waals surface area contributed by atoms with Crippen molar-refractivity contribution in [1.29, 1.82) is 0 Å². The molecule has 7 nitrogen and oxygen atoms in total. The van der Waals surface area contributed by atoms with E-state index in [1.54, 1.807) is 21.9 Å². The molecule has 0 aromatic heterocycles. The average Bonchev–Trinajstić information content (AvgIpc) is 3.38. The number of nitrogens with zero attached hydrogens (tertiary/aromatic N) is 3. The summed E-state index contributed by atoms with van der Waals surface area (Å²) in [5, 5.41) is 2.71. The first-order chi connectivity index (χ1) is 19.7. The highest BCUT2D eigenvalue weighted by Crippen LogP contribution is 2.39. The topological polar surface area (TPSA) is 73.0 Å². The molecule has 0 saturated carbocycles. The normalized spacial score (nSPS) is 21.7. The van der Waals surface area contributed by atoms with E-state index in [2.05, 4.69) is 10.2 Å². The molecule has 2 aliphatic heterocycles. The second-order valence-corrected chi connectivity index (χ2v) is 13.1. The van der Waals surface area contributed by atoms with Gasteiger partial charge in [0.25, 0.3) is 0 Å². The number of rotatable bonds is 6. The standard InChI is InChI=1S/C31H38Cl2F2N4O3.ClH/c1-18-15-37(30(42)27(36-19(2)40)14-20-8-6-7-9-24(20)32)10-11-39(18)29(41)23-17-38(31(3,4)5)16-22(23)21-12-25(34)28(33)26(35)13-21;/h6-9,12-13,18,22-23,27H,10-11,14-17H2,1-5H3,(H,36,40);1H/t18-,22?,23?,27-;/m0./s1. The van der Waals surface area contributed by atoms with E-state index in [1.165, 1.54) is 19.1 Å². The van der Waals surface area contributed by atoms with E-state index in [1.807, 2.05) is 39.8 Å². The van der Waals surface area contributed by atoms with E-state index in [0.29, 0.717) is 30.2 Å². The van der Waals surface area contributed by atoms with Crippen molar-refractivity contribution in [2.75, 3.05) is 32.7 Å². The highest BCUT2D eigenvalue weighted by molar-refractivity contribution is 6.31. The molecule has 2 aliphatic rings. The number of piperazine rings is 1. The Balaban J connectivity index is 0.00000506. The van der Waals surface area contributed by atoms with Crippen LogP contribution in [0.2, 0.25) is 10.0 Å². The van der Waals surface area contributed by atoms with Crippen molar-refractivity contribution in [3.63, 3.8) is 0 Å². The first-order valence-corrected chi connectivity index (χ1v) is 14.9. The van der Waals surface area contributed by atoms with Gasteiger partial charge in [0.05, 0.1) is 5.92 Å². The van der Waals surface area contributed by atoms with Gasteiger partial charge in [-0.05, 0) is 57.0 Å². The first kappa shape index (κ1) is 35.0. The van der Waals surface area contributed by atoms with Crippen LogP contribution in [0.4, 0.5) is 8.78 Å². The van der Waals surface area contributed by atoms with E-state index >= 15 is 0 Å². The van der Waals surface area contributed by atoms with Crippen LogP contribution in [0.3, 0.4) is 0 Å². The molecule has 236 valence electrons. The Morgan fingerprint density at radius 3 is 2.21 bits per heavy atom. The number of amides is 3. The quantitative estimate of drug-likeness (QED) is 0.427. The molecule has 43 heavy (non-hydrogen) atoms. The number of carbonyl (C=O) groups is 3. The van der Waals surface area contributed by atoms with Crippen molar-refractivity contribution in [3.8, 4) is 0 Å². The molecule has 2 aromatic carbocycles. The highest BCUT2D eigenvalue weighted by atomic mass is 35.5. The number of hydrogen-bond donors (Lipinski definition) is 1. The van der Waals surface area contributed by atoms with Gasteiger partial charge in [0.1, 0.15) is 22.7 Å². The van der Waals surface area contributed by atoms with Crippen LogP contribution >= 0.6 is 35.6 Å². The second-order valence-electron chi connectivity index (χ2n) is 12.3. The molecule has 3 amide bonds. The smallest absolute Gasteiger partial charge is 0.245 e. The van der Waals surface area contributed by atoms with Gasteiger partial charge in [-0.25, -0.2) is 8.78 Å². The minimum Gasteiger partial charge on any atom is -0.344 e. The third-order valence-electron chi connectivity index (χ3n) is 8.30. The van der Waals surface area contributed by atoms with Crippen LogP contribution in [0.5, 0.6) is 0 Å². The van der Waals surface area contributed by atoms with Gasteiger partial charge in [0.15, 0.2) is 0 Å². The lowest BCUT2D eigenvalue weighted by Crippen LogP contribution is -2.60. The number of likely N-dealkylation sites (tertiary alicyclic amines) is 1. The van der Waals surface area contributed by atoms with Crippen molar-refractivity contribution in [1.82, 2.24) is 20.0 Å². The van der Waals surface area contributed by atoms with Crippen LogP contribution in [0.1, 0.15) is 51.7 Å². The molecule has 1 N–H and O–H groups in total. The molecule has 4 rings (SSSR count). The number of halogens is 5. The summed E-state index contributed by atoms with van der Waals surface area (Å²) in [4.78, 5) is 45.2.